The Bertz CT molecular complexity index is 115. The third-order valence-electron chi connectivity index (χ3n) is 2.59. The minimum absolute atomic E-state index is 0.0527. The van der Waals surface area contributed by atoms with Gasteiger partial charge in [0.25, 0.3) is 0 Å². The van der Waals surface area contributed by atoms with E-state index in [1.807, 2.05) is 0 Å². The Labute approximate surface area is 83.1 Å². The summed E-state index contributed by atoms with van der Waals surface area (Å²) in [5, 5.41) is 0. The molecule has 0 aliphatic carbocycles. The van der Waals surface area contributed by atoms with Crippen LogP contribution in [0.5, 0.6) is 0 Å². The molecule has 0 aromatic heterocycles. The van der Waals surface area contributed by atoms with Crippen LogP contribution in [0.1, 0.15) is 59.3 Å². The summed E-state index contributed by atoms with van der Waals surface area (Å²) in [6, 6.07) is 0.289. The lowest BCUT2D eigenvalue weighted by Crippen LogP contribution is -2.40. The highest BCUT2D eigenvalue weighted by molar-refractivity contribution is 4.83. The summed E-state index contributed by atoms with van der Waals surface area (Å²) in [7, 11) is 0. The van der Waals surface area contributed by atoms with Crippen LogP contribution >= 0.6 is 0 Å². The summed E-state index contributed by atoms with van der Waals surface area (Å²) in [6.45, 7) is 6.45. The Kier molecular flexibility index (Phi) is 6.35. The quantitative estimate of drug-likeness (QED) is 0.641. The molecule has 1 unspecified atom stereocenters. The maximum Gasteiger partial charge on any atom is 0.0154 e. The van der Waals surface area contributed by atoms with E-state index in [2.05, 4.69) is 20.8 Å². The average Bonchev–Trinajstić information content (AvgIpc) is 2.02. The van der Waals surface area contributed by atoms with Gasteiger partial charge in [0.1, 0.15) is 0 Å². The maximum atomic E-state index is 6.31. The normalized spacial score (nSPS) is 14.5. The molecule has 2 nitrogen and oxygen atoms in total. The second kappa shape index (κ2) is 6.39. The molecule has 0 heterocycles. The van der Waals surface area contributed by atoms with Crippen molar-refractivity contribution in [2.45, 2.75) is 70.9 Å². The van der Waals surface area contributed by atoms with E-state index in [-0.39, 0.29) is 11.6 Å². The van der Waals surface area contributed by atoms with Gasteiger partial charge < -0.3 is 11.5 Å². The van der Waals surface area contributed by atoms with Crippen molar-refractivity contribution < 1.29 is 0 Å². The largest absolute Gasteiger partial charge is 0.328 e. The van der Waals surface area contributed by atoms with Crippen LogP contribution < -0.4 is 11.5 Å². The molecule has 80 valence electrons. The second-order valence-electron chi connectivity index (χ2n) is 4.38. The smallest absolute Gasteiger partial charge is 0.0154 e. The van der Waals surface area contributed by atoms with Crippen LogP contribution in [0, 0.1) is 0 Å². The van der Waals surface area contributed by atoms with Crippen LogP contribution in [-0.4, -0.2) is 11.6 Å². The van der Waals surface area contributed by atoms with Gasteiger partial charge in [0.15, 0.2) is 0 Å². The molecule has 0 spiro atoms. The molecule has 0 fully saturated rings. The van der Waals surface area contributed by atoms with Crippen molar-refractivity contribution in [3.05, 3.63) is 0 Å². The minimum atomic E-state index is 0.0527. The highest BCUT2D eigenvalue weighted by Gasteiger charge is 2.22. The zero-order valence-corrected chi connectivity index (χ0v) is 9.47. The summed E-state index contributed by atoms with van der Waals surface area (Å²) in [6.07, 6.45) is 6.74. The fourth-order valence-electron chi connectivity index (χ4n) is 1.89. The molecule has 0 saturated carbocycles. The van der Waals surface area contributed by atoms with Crippen LogP contribution in [0.15, 0.2) is 0 Å². The van der Waals surface area contributed by atoms with E-state index in [4.69, 9.17) is 11.5 Å². The van der Waals surface area contributed by atoms with Gasteiger partial charge in [-0.15, -0.1) is 0 Å². The van der Waals surface area contributed by atoms with E-state index in [0.717, 1.165) is 25.7 Å². The third-order valence-corrected chi connectivity index (χ3v) is 2.59. The van der Waals surface area contributed by atoms with Gasteiger partial charge in [-0.1, -0.05) is 26.7 Å². The summed E-state index contributed by atoms with van der Waals surface area (Å²) in [4.78, 5) is 0. The van der Waals surface area contributed by atoms with Crippen LogP contribution in [0.4, 0.5) is 0 Å². The van der Waals surface area contributed by atoms with Crippen molar-refractivity contribution in [3.63, 3.8) is 0 Å². The van der Waals surface area contributed by atoms with E-state index >= 15 is 0 Å². The highest BCUT2D eigenvalue weighted by atomic mass is 14.7. The molecule has 2 heteroatoms. The predicted octanol–water partition coefficient (Wildman–Crippen LogP) is 2.41. The van der Waals surface area contributed by atoms with Gasteiger partial charge in [-0.25, -0.2) is 0 Å². The van der Waals surface area contributed by atoms with E-state index in [9.17, 15) is 0 Å². The summed E-state index contributed by atoms with van der Waals surface area (Å²) in [5.74, 6) is 0. The molecule has 0 aliphatic rings. The lowest BCUT2D eigenvalue weighted by atomic mass is 9.84. The fourth-order valence-corrected chi connectivity index (χ4v) is 1.89. The summed E-state index contributed by atoms with van der Waals surface area (Å²) >= 11 is 0. The van der Waals surface area contributed by atoms with E-state index in [0.29, 0.717) is 0 Å². The second-order valence-corrected chi connectivity index (χ2v) is 4.38. The molecule has 0 rings (SSSR count). The molecule has 1 atom stereocenters. The molecule has 4 N–H and O–H groups in total. The van der Waals surface area contributed by atoms with E-state index < -0.39 is 0 Å². The van der Waals surface area contributed by atoms with Crippen molar-refractivity contribution >= 4 is 0 Å². The van der Waals surface area contributed by atoms with E-state index in [1.165, 1.54) is 12.8 Å². The van der Waals surface area contributed by atoms with Crippen molar-refractivity contribution in [2.75, 3.05) is 0 Å². The van der Waals surface area contributed by atoms with Gasteiger partial charge in [-0.3, -0.25) is 0 Å². The molecule has 0 aromatic carbocycles. The Hall–Kier alpha value is -0.0800. The number of hydrogen-bond donors (Lipinski definition) is 2. The number of nitrogens with two attached hydrogens (primary N) is 2. The molecule has 0 aliphatic heterocycles. The van der Waals surface area contributed by atoms with Gasteiger partial charge in [-0.2, -0.15) is 0 Å². The molecule has 0 radical (unpaired) electrons. The Morgan fingerprint density at radius 3 is 1.85 bits per heavy atom. The zero-order valence-electron chi connectivity index (χ0n) is 9.47. The monoisotopic (exact) mass is 186 g/mol. The Morgan fingerprint density at radius 2 is 1.54 bits per heavy atom. The van der Waals surface area contributed by atoms with Gasteiger partial charge >= 0.3 is 0 Å². The molecule has 0 amide bonds. The molecule has 0 bridgehead atoms. The molecule has 13 heavy (non-hydrogen) atoms. The van der Waals surface area contributed by atoms with Crippen LogP contribution in [0.2, 0.25) is 0 Å². The van der Waals surface area contributed by atoms with Crippen molar-refractivity contribution in [2.24, 2.45) is 11.5 Å². The topological polar surface area (TPSA) is 52.0 Å². The lowest BCUT2D eigenvalue weighted by molar-refractivity contribution is 0.317. The number of hydrogen-bond acceptors (Lipinski definition) is 2. The first-order valence-electron chi connectivity index (χ1n) is 5.58. The SMILES string of the molecule is CCCC(N)(CCC)CCC(C)N. The van der Waals surface area contributed by atoms with Gasteiger partial charge in [0.2, 0.25) is 0 Å². The molecular formula is C11H26N2. The third kappa shape index (κ3) is 6.05. The van der Waals surface area contributed by atoms with Gasteiger partial charge in [-0.05, 0) is 32.6 Å². The minimum Gasteiger partial charge on any atom is -0.328 e. The first-order chi connectivity index (χ1) is 6.04. The van der Waals surface area contributed by atoms with Crippen molar-refractivity contribution in [1.82, 2.24) is 0 Å². The molecule has 0 saturated heterocycles. The highest BCUT2D eigenvalue weighted by Crippen LogP contribution is 2.22. The standard InChI is InChI=1S/C11H26N2/c1-4-7-11(13,8-5-2)9-6-10(3)12/h10H,4-9,12-13H2,1-3H3. The maximum absolute atomic E-state index is 6.31. The number of rotatable bonds is 7. The first kappa shape index (κ1) is 12.9. The lowest BCUT2D eigenvalue weighted by Gasteiger charge is -2.29. The van der Waals surface area contributed by atoms with E-state index in [1.54, 1.807) is 0 Å². The Balaban J connectivity index is 3.91. The Morgan fingerprint density at radius 1 is 1.08 bits per heavy atom. The van der Waals surface area contributed by atoms with Gasteiger partial charge in [0, 0.05) is 11.6 Å². The molecule has 0 aromatic rings. The zero-order chi connectivity index (χ0) is 10.3. The average molecular weight is 186 g/mol. The summed E-state index contributed by atoms with van der Waals surface area (Å²) in [5.41, 5.74) is 12.1. The van der Waals surface area contributed by atoms with Crippen LogP contribution in [0.25, 0.3) is 0 Å². The predicted molar refractivity (Wildman–Crippen MR) is 59.6 cm³/mol. The van der Waals surface area contributed by atoms with Gasteiger partial charge in [0.05, 0.1) is 0 Å². The van der Waals surface area contributed by atoms with Crippen molar-refractivity contribution in [1.29, 1.82) is 0 Å². The molecular weight excluding hydrogens is 160 g/mol. The summed E-state index contributed by atoms with van der Waals surface area (Å²) < 4.78 is 0. The fraction of sp³-hybridized carbons (Fsp3) is 1.00. The van der Waals surface area contributed by atoms with Crippen LogP contribution in [0.3, 0.4) is 0 Å². The van der Waals surface area contributed by atoms with Crippen LogP contribution in [-0.2, 0) is 0 Å². The first-order valence-corrected chi connectivity index (χ1v) is 5.58. The van der Waals surface area contributed by atoms with Crippen molar-refractivity contribution in [3.8, 4) is 0 Å².